The summed E-state index contributed by atoms with van der Waals surface area (Å²) >= 11 is 0. The van der Waals surface area contributed by atoms with Crippen molar-refractivity contribution >= 4 is 7.82 Å². The number of para-hydroxylation sites is 1. The predicted octanol–water partition coefficient (Wildman–Crippen LogP) is 10.8. The highest BCUT2D eigenvalue weighted by atomic mass is 31.2. The molecule has 2 heterocycles. The van der Waals surface area contributed by atoms with E-state index in [2.05, 4.69) is 6.92 Å². The number of ether oxygens (including phenoxy) is 4. The molecule has 1 aliphatic carbocycles. The maximum absolute atomic E-state index is 14.3. The van der Waals surface area contributed by atoms with Crippen LogP contribution in [0.4, 0.5) is 0 Å². The predicted molar refractivity (Wildman–Crippen MR) is 197 cm³/mol. The quantitative estimate of drug-likeness (QED) is 0.0739. The molecule has 2 saturated heterocycles. The van der Waals surface area contributed by atoms with Crippen molar-refractivity contribution in [3.63, 3.8) is 0 Å². The van der Waals surface area contributed by atoms with Crippen LogP contribution in [0.25, 0.3) is 0 Å². The lowest BCUT2D eigenvalue weighted by molar-refractivity contribution is -0.182. The van der Waals surface area contributed by atoms with Gasteiger partial charge in [-0.25, -0.2) is 4.57 Å². The Hall–Kier alpha value is -1.03. The van der Waals surface area contributed by atoms with E-state index >= 15 is 0 Å². The Labute approximate surface area is 303 Å². The summed E-state index contributed by atoms with van der Waals surface area (Å²) in [5.41, 5.74) is 0. The average molecular weight is 725 g/mol. The molecule has 10 heteroatoms. The van der Waals surface area contributed by atoms with Crippen molar-refractivity contribution in [3.8, 4) is 5.75 Å². The van der Waals surface area contributed by atoms with E-state index in [0.717, 1.165) is 19.3 Å². The molecule has 9 nitrogen and oxygen atoms in total. The molecule has 0 amide bonds. The highest BCUT2D eigenvalue weighted by molar-refractivity contribution is 7.49. The fourth-order valence-electron chi connectivity index (χ4n) is 7.54. The maximum atomic E-state index is 14.3. The molecule has 50 heavy (non-hydrogen) atoms. The minimum absolute atomic E-state index is 0.228. The Bertz CT molecular complexity index is 1080. The normalized spacial score (nSPS) is 27.9. The van der Waals surface area contributed by atoms with Crippen molar-refractivity contribution in [2.24, 2.45) is 0 Å². The van der Waals surface area contributed by atoms with Gasteiger partial charge in [-0.1, -0.05) is 147 Å². The van der Waals surface area contributed by atoms with Gasteiger partial charge in [-0.2, -0.15) is 0 Å². The number of aliphatic hydroxyl groups is 1. The number of hydrogen-bond acceptors (Lipinski definition) is 9. The minimum atomic E-state index is -4.16. The fraction of sp³-hybridized carbons (Fsp3) is 0.850. The monoisotopic (exact) mass is 724 g/mol. The van der Waals surface area contributed by atoms with E-state index in [4.69, 9.17) is 32.5 Å². The summed E-state index contributed by atoms with van der Waals surface area (Å²) in [5, 5.41) is 11.2. The van der Waals surface area contributed by atoms with Crippen LogP contribution in [0.3, 0.4) is 0 Å². The van der Waals surface area contributed by atoms with Crippen molar-refractivity contribution in [2.75, 3.05) is 6.61 Å². The van der Waals surface area contributed by atoms with Crippen LogP contribution in [0.1, 0.15) is 163 Å². The summed E-state index contributed by atoms with van der Waals surface area (Å²) in [4.78, 5) is 0. The van der Waals surface area contributed by atoms with Crippen LogP contribution in [0.5, 0.6) is 5.75 Å². The fourth-order valence-corrected chi connectivity index (χ4v) is 8.96. The molecule has 3 fully saturated rings. The Morgan fingerprint density at radius 1 is 0.600 bits per heavy atom. The third-order valence-electron chi connectivity index (χ3n) is 10.1. The van der Waals surface area contributed by atoms with Gasteiger partial charge in [-0.3, -0.25) is 9.05 Å². The summed E-state index contributed by atoms with van der Waals surface area (Å²) in [6.45, 7) is 9.59. The summed E-state index contributed by atoms with van der Waals surface area (Å²) in [7, 11) is -4.16. The Kier molecular flexibility index (Phi) is 17.5. The van der Waals surface area contributed by atoms with Gasteiger partial charge in [0, 0.05) is 0 Å². The molecular formula is C40H69O9P. The molecule has 4 rings (SSSR count). The summed E-state index contributed by atoms with van der Waals surface area (Å²) in [6.07, 6.45) is 21.1. The number of phosphoric acid groups is 1. The van der Waals surface area contributed by atoms with Gasteiger partial charge in [0.1, 0.15) is 42.4 Å². The van der Waals surface area contributed by atoms with Crippen LogP contribution in [0.15, 0.2) is 30.3 Å². The van der Waals surface area contributed by atoms with Gasteiger partial charge in [0.25, 0.3) is 0 Å². The zero-order chi connectivity index (χ0) is 35.9. The first-order valence-corrected chi connectivity index (χ1v) is 21.6. The van der Waals surface area contributed by atoms with Gasteiger partial charge in [0.15, 0.2) is 11.6 Å². The second-order valence-electron chi connectivity index (χ2n) is 15.6. The number of aliphatic hydroxyl groups excluding tert-OH is 1. The third kappa shape index (κ3) is 13.7. The van der Waals surface area contributed by atoms with Gasteiger partial charge in [-0.15, -0.1) is 0 Å². The van der Waals surface area contributed by atoms with Crippen molar-refractivity contribution in [3.05, 3.63) is 30.3 Å². The molecule has 1 aromatic carbocycles. The zero-order valence-electron chi connectivity index (χ0n) is 31.9. The maximum Gasteiger partial charge on any atom is 0.530 e. The first kappa shape index (κ1) is 41.7. The number of benzene rings is 1. The smallest absolute Gasteiger partial charge is 0.404 e. The molecule has 1 saturated carbocycles. The molecule has 7 atom stereocenters. The second kappa shape index (κ2) is 21.0. The van der Waals surface area contributed by atoms with Crippen molar-refractivity contribution in [1.29, 1.82) is 0 Å². The Morgan fingerprint density at radius 2 is 0.980 bits per heavy atom. The van der Waals surface area contributed by atoms with E-state index in [1.54, 1.807) is 52.0 Å². The molecule has 0 spiro atoms. The summed E-state index contributed by atoms with van der Waals surface area (Å²) < 4.78 is 57.0. The molecule has 1 N–H and O–H groups in total. The molecule has 288 valence electrons. The van der Waals surface area contributed by atoms with Crippen molar-refractivity contribution in [2.45, 2.75) is 211 Å². The highest BCUT2D eigenvalue weighted by Gasteiger charge is 2.65. The van der Waals surface area contributed by atoms with E-state index in [1.165, 1.54) is 109 Å². The molecule has 0 radical (unpaired) electrons. The Morgan fingerprint density at radius 3 is 1.40 bits per heavy atom. The molecule has 1 aromatic rings. The van der Waals surface area contributed by atoms with Crippen molar-refractivity contribution in [1.82, 2.24) is 0 Å². The molecule has 0 bridgehead atoms. The first-order valence-electron chi connectivity index (χ1n) is 20.1. The molecule has 3 unspecified atom stereocenters. The second-order valence-corrected chi connectivity index (χ2v) is 17.1. The molecule has 2 aliphatic heterocycles. The first-order chi connectivity index (χ1) is 24.0. The van der Waals surface area contributed by atoms with Crippen LogP contribution in [-0.2, 0) is 32.6 Å². The average Bonchev–Trinajstić information content (AvgIpc) is 3.59. The Balaban J connectivity index is 1.13. The van der Waals surface area contributed by atoms with Gasteiger partial charge in [0.05, 0.1) is 6.61 Å². The lowest BCUT2D eigenvalue weighted by Crippen LogP contribution is -2.62. The molecule has 3 aliphatic rings. The van der Waals surface area contributed by atoms with Gasteiger partial charge in [0.2, 0.25) is 0 Å². The number of phosphoric ester groups is 1. The highest BCUT2D eigenvalue weighted by Crippen LogP contribution is 2.55. The summed E-state index contributed by atoms with van der Waals surface area (Å²) in [5.74, 6) is -1.59. The summed E-state index contributed by atoms with van der Waals surface area (Å²) in [6, 6.07) is 8.88. The molecular weight excluding hydrogens is 655 g/mol. The number of fused-ring (bicyclic) bond motifs is 2. The standard InChI is InChI=1S/C40H69O9P/c1-6-7-8-9-10-11-12-13-14-15-16-17-18-19-20-21-22-23-24-28-31-43-50(42,48-32-29-26-25-27-30-32)49-38-36-34(44-39(2,3)46-36)33(41)35-37(38)47-40(4,5)45-35/h25-27,29-30,33-38,41H,6-24,28,31H2,1-5H3/t33?,34-,35+,36-,37-,38?,50?/m1/s1. The van der Waals surface area contributed by atoms with Gasteiger partial charge >= 0.3 is 7.82 Å². The topological polar surface area (TPSA) is 102 Å². The third-order valence-corrected chi connectivity index (χ3v) is 11.5. The number of rotatable bonds is 26. The zero-order valence-corrected chi connectivity index (χ0v) is 32.8. The van der Waals surface area contributed by atoms with Crippen LogP contribution in [-0.4, -0.2) is 59.9 Å². The van der Waals surface area contributed by atoms with Crippen LogP contribution in [0, 0.1) is 0 Å². The van der Waals surface area contributed by atoms with Gasteiger partial charge in [-0.05, 0) is 46.2 Å². The van der Waals surface area contributed by atoms with E-state index < -0.39 is 56.0 Å². The SMILES string of the molecule is CCCCCCCCCCCCCCCCCCCCCCOP(=O)(Oc1ccccc1)OC1[C@@H]2OC(C)(C)O[C@@H]2C(O)[C@@H]2OC(C)(C)O[C@@H]12. The van der Waals surface area contributed by atoms with Crippen LogP contribution >= 0.6 is 7.82 Å². The minimum Gasteiger partial charge on any atom is -0.404 e. The number of unbranched alkanes of at least 4 members (excludes halogenated alkanes) is 19. The lowest BCUT2D eigenvalue weighted by atomic mass is 9.85. The van der Waals surface area contributed by atoms with Crippen molar-refractivity contribution < 1.29 is 42.2 Å². The van der Waals surface area contributed by atoms with E-state index in [9.17, 15) is 9.67 Å². The molecule has 0 aromatic heterocycles. The number of hydrogen-bond donors (Lipinski definition) is 1. The lowest BCUT2D eigenvalue weighted by Gasteiger charge is -2.41. The van der Waals surface area contributed by atoms with Crippen LogP contribution in [0.2, 0.25) is 0 Å². The van der Waals surface area contributed by atoms with E-state index in [1.807, 2.05) is 6.07 Å². The van der Waals surface area contributed by atoms with E-state index in [-0.39, 0.29) is 6.61 Å². The van der Waals surface area contributed by atoms with E-state index in [0.29, 0.717) is 5.75 Å². The van der Waals surface area contributed by atoms with Gasteiger partial charge < -0.3 is 28.6 Å². The largest absolute Gasteiger partial charge is 0.530 e. The van der Waals surface area contributed by atoms with Crippen LogP contribution < -0.4 is 4.52 Å².